The Bertz CT molecular complexity index is 949. The van der Waals surface area contributed by atoms with Gasteiger partial charge in [0.25, 0.3) is 5.78 Å². The Morgan fingerprint density at radius 2 is 1.82 bits per heavy atom. The number of rotatable bonds is 2. The largest absolute Gasteiger partial charge is 0.253 e. The zero-order valence-electron chi connectivity index (χ0n) is 11.4. The summed E-state index contributed by atoms with van der Waals surface area (Å²) in [4.78, 5) is 13.1. The molecule has 0 aliphatic carbocycles. The highest BCUT2D eigenvalue weighted by Gasteiger charge is 2.09. The van der Waals surface area contributed by atoms with Crippen molar-refractivity contribution in [3.8, 4) is 22.6 Å². The number of nitrogens with zero attached hydrogens (tertiary/aromatic N) is 5. The van der Waals surface area contributed by atoms with Crippen LogP contribution in [0.5, 0.6) is 0 Å². The molecule has 4 aromatic rings. The van der Waals surface area contributed by atoms with Crippen LogP contribution in [0.25, 0.3) is 28.4 Å². The minimum absolute atomic E-state index is 0.565. The van der Waals surface area contributed by atoms with Crippen LogP contribution < -0.4 is 0 Å². The maximum atomic E-state index is 4.49. The van der Waals surface area contributed by atoms with Crippen molar-refractivity contribution in [2.45, 2.75) is 0 Å². The first-order valence-corrected chi connectivity index (χ1v) is 7.77. The molecule has 0 saturated carbocycles. The molecule has 1 aromatic carbocycles. The lowest BCUT2D eigenvalue weighted by Crippen LogP contribution is -1.92. The lowest BCUT2D eigenvalue weighted by atomic mass is 10.1. The molecule has 0 aliphatic heterocycles. The third-order valence-electron chi connectivity index (χ3n) is 3.25. The standard InChI is InChI=1S/C16H10IN5/c17-13-6-7-18-14(8-13)15-20-16-19-9-12(10-22(16)21-15)11-4-2-1-3-5-11/h1-10H. The summed E-state index contributed by atoms with van der Waals surface area (Å²) in [5.41, 5.74) is 2.85. The number of fused-ring (bicyclic) bond motifs is 1. The fraction of sp³-hybridized carbons (Fsp3) is 0. The molecule has 0 radical (unpaired) electrons. The van der Waals surface area contributed by atoms with Gasteiger partial charge in [0.2, 0.25) is 5.82 Å². The topological polar surface area (TPSA) is 56.0 Å². The SMILES string of the molecule is Ic1ccnc(-c2nc3ncc(-c4ccccc4)cn3n2)c1. The Balaban J connectivity index is 1.82. The van der Waals surface area contributed by atoms with Gasteiger partial charge in [0, 0.05) is 27.7 Å². The van der Waals surface area contributed by atoms with Crippen LogP contribution in [0.2, 0.25) is 0 Å². The van der Waals surface area contributed by atoms with Crippen molar-refractivity contribution in [3.05, 3.63) is 64.6 Å². The van der Waals surface area contributed by atoms with Gasteiger partial charge in [0.1, 0.15) is 5.69 Å². The molecular formula is C16H10IN5. The lowest BCUT2D eigenvalue weighted by Gasteiger charge is -2.00. The molecule has 0 amide bonds. The first-order chi connectivity index (χ1) is 10.8. The Labute approximate surface area is 140 Å². The molecule has 0 unspecified atom stereocenters. The van der Waals surface area contributed by atoms with Crippen molar-refractivity contribution in [1.82, 2.24) is 24.6 Å². The van der Waals surface area contributed by atoms with Crippen molar-refractivity contribution < 1.29 is 0 Å². The third kappa shape index (κ3) is 2.45. The highest BCUT2D eigenvalue weighted by Crippen LogP contribution is 2.19. The number of hydrogen-bond donors (Lipinski definition) is 0. The summed E-state index contributed by atoms with van der Waals surface area (Å²) in [7, 11) is 0. The van der Waals surface area contributed by atoms with Crippen LogP contribution in [0.3, 0.4) is 0 Å². The Morgan fingerprint density at radius 3 is 2.64 bits per heavy atom. The molecule has 3 heterocycles. The molecule has 0 spiro atoms. The van der Waals surface area contributed by atoms with Crippen molar-refractivity contribution >= 4 is 28.4 Å². The third-order valence-corrected chi connectivity index (χ3v) is 3.92. The summed E-state index contributed by atoms with van der Waals surface area (Å²) in [5, 5.41) is 4.49. The van der Waals surface area contributed by atoms with Gasteiger partial charge in [-0.25, -0.2) is 9.50 Å². The van der Waals surface area contributed by atoms with E-state index in [2.05, 4.69) is 42.6 Å². The number of pyridine rings is 1. The second-order valence-electron chi connectivity index (χ2n) is 4.75. The predicted molar refractivity (Wildman–Crippen MR) is 92.2 cm³/mol. The van der Waals surface area contributed by atoms with Crippen molar-refractivity contribution in [2.75, 3.05) is 0 Å². The monoisotopic (exact) mass is 399 g/mol. The number of hydrogen-bond acceptors (Lipinski definition) is 4. The van der Waals surface area contributed by atoms with Gasteiger partial charge >= 0.3 is 0 Å². The van der Waals surface area contributed by atoms with Gasteiger partial charge < -0.3 is 0 Å². The zero-order valence-corrected chi connectivity index (χ0v) is 13.5. The first-order valence-electron chi connectivity index (χ1n) is 6.69. The second-order valence-corrected chi connectivity index (χ2v) is 5.99. The minimum Gasteiger partial charge on any atom is -0.253 e. The van der Waals surface area contributed by atoms with Gasteiger partial charge in [0.05, 0.1) is 0 Å². The molecule has 0 atom stereocenters. The summed E-state index contributed by atoms with van der Waals surface area (Å²) in [6.45, 7) is 0. The van der Waals surface area contributed by atoms with E-state index < -0.39 is 0 Å². The van der Waals surface area contributed by atoms with Gasteiger partial charge in [-0.15, -0.1) is 5.10 Å². The van der Waals surface area contributed by atoms with Gasteiger partial charge in [0.15, 0.2) is 0 Å². The quantitative estimate of drug-likeness (QED) is 0.485. The summed E-state index contributed by atoms with van der Waals surface area (Å²) in [6, 6.07) is 14.0. The molecule has 22 heavy (non-hydrogen) atoms. The van der Waals surface area contributed by atoms with Crippen LogP contribution in [0.15, 0.2) is 61.1 Å². The van der Waals surface area contributed by atoms with Crippen LogP contribution in [-0.2, 0) is 0 Å². The number of benzene rings is 1. The van der Waals surface area contributed by atoms with E-state index in [-0.39, 0.29) is 0 Å². The van der Waals surface area contributed by atoms with E-state index in [1.165, 1.54) is 0 Å². The summed E-state index contributed by atoms with van der Waals surface area (Å²) < 4.78 is 2.79. The van der Waals surface area contributed by atoms with E-state index in [1.807, 2.05) is 54.9 Å². The molecule has 4 rings (SSSR count). The molecule has 0 saturated heterocycles. The summed E-state index contributed by atoms with van der Waals surface area (Å²) >= 11 is 2.25. The zero-order chi connectivity index (χ0) is 14.9. The smallest absolute Gasteiger partial charge is 0.252 e. The first kappa shape index (κ1) is 13.3. The summed E-state index contributed by atoms with van der Waals surface area (Å²) in [5.74, 6) is 1.14. The van der Waals surface area contributed by atoms with Crippen LogP contribution in [0, 0.1) is 3.57 Å². The predicted octanol–water partition coefficient (Wildman–Crippen LogP) is 3.46. The van der Waals surface area contributed by atoms with Gasteiger partial charge in [-0.05, 0) is 40.3 Å². The van der Waals surface area contributed by atoms with Crippen LogP contribution >= 0.6 is 22.6 Å². The number of halogens is 1. The summed E-state index contributed by atoms with van der Waals surface area (Å²) in [6.07, 6.45) is 5.50. The fourth-order valence-corrected chi connectivity index (χ4v) is 2.65. The van der Waals surface area contributed by atoms with Crippen LogP contribution in [0.4, 0.5) is 0 Å². The van der Waals surface area contributed by atoms with Gasteiger partial charge in [-0.1, -0.05) is 30.3 Å². The normalized spacial score (nSPS) is 11.0. The molecule has 0 fully saturated rings. The van der Waals surface area contributed by atoms with E-state index in [4.69, 9.17) is 0 Å². The van der Waals surface area contributed by atoms with Crippen molar-refractivity contribution in [3.63, 3.8) is 0 Å². The molecule has 3 aromatic heterocycles. The highest BCUT2D eigenvalue weighted by atomic mass is 127. The molecule has 0 aliphatic rings. The van der Waals surface area contributed by atoms with E-state index in [0.717, 1.165) is 20.4 Å². The number of aromatic nitrogens is 5. The molecule has 6 heteroatoms. The fourth-order valence-electron chi connectivity index (χ4n) is 2.20. The average molecular weight is 399 g/mol. The minimum atomic E-state index is 0.565. The highest BCUT2D eigenvalue weighted by molar-refractivity contribution is 14.1. The molecule has 0 N–H and O–H groups in total. The molecule has 106 valence electrons. The van der Waals surface area contributed by atoms with E-state index >= 15 is 0 Å². The Kier molecular flexibility index (Phi) is 3.30. The Morgan fingerprint density at radius 1 is 0.955 bits per heavy atom. The van der Waals surface area contributed by atoms with E-state index in [1.54, 1.807) is 10.7 Å². The average Bonchev–Trinajstić information content (AvgIpc) is 2.99. The maximum absolute atomic E-state index is 4.49. The van der Waals surface area contributed by atoms with Gasteiger partial charge in [-0.2, -0.15) is 4.98 Å². The van der Waals surface area contributed by atoms with E-state index in [9.17, 15) is 0 Å². The second kappa shape index (κ2) is 5.45. The van der Waals surface area contributed by atoms with E-state index in [0.29, 0.717) is 11.6 Å². The Hall–Kier alpha value is -2.35. The maximum Gasteiger partial charge on any atom is 0.252 e. The van der Waals surface area contributed by atoms with Gasteiger partial charge in [-0.3, -0.25) is 4.98 Å². The van der Waals surface area contributed by atoms with Crippen LogP contribution in [-0.4, -0.2) is 24.6 Å². The molecular weight excluding hydrogens is 389 g/mol. The lowest BCUT2D eigenvalue weighted by molar-refractivity contribution is 0.942. The van der Waals surface area contributed by atoms with Crippen molar-refractivity contribution in [2.24, 2.45) is 0 Å². The van der Waals surface area contributed by atoms with Crippen LogP contribution in [0.1, 0.15) is 0 Å². The van der Waals surface area contributed by atoms with Crippen molar-refractivity contribution in [1.29, 1.82) is 0 Å². The molecule has 0 bridgehead atoms. The molecule has 5 nitrogen and oxygen atoms in total.